The molecule has 30 heavy (non-hydrogen) atoms. The van der Waals surface area contributed by atoms with Crippen LogP contribution < -0.4 is 0 Å². The molecule has 2 aliphatic rings. The van der Waals surface area contributed by atoms with Gasteiger partial charge in [-0.1, -0.05) is 12.1 Å². The average Bonchev–Trinajstić information content (AvgIpc) is 3.30. The first-order valence-corrected chi connectivity index (χ1v) is 11.0. The van der Waals surface area contributed by atoms with E-state index in [1.165, 1.54) is 5.56 Å². The number of piperidine rings is 1. The van der Waals surface area contributed by atoms with E-state index in [0.29, 0.717) is 18.0 Å². The van der Waals surface area contributed by atoms with Gasteiger partial charge in [0.05, 0.1) is 4.91 Å². The van der Waals surface area contributed by atoms with Crippen molar-refractivity contribution in [1.29, 1.82) is 0 Å². The van der Waals surface area contributed by atoms with Crippen LogP contribution in [0.1, 0.15) is 36.1 Å². The van der Waals surface area contributed by atoms with Crippen LogP contribution in [-0.4, -0.2) is 51.1 Å². The van der Waals surface area contributed by atoms with Crippen molar-refractivity contribution in [3.63, 3.8) is 0 Å². The van der Waals surface area contributed by atoms with Gasteiger partial charge in [0, 0.05) is 30.7 Å². The van der Waals surface area contributed by atoms with E-state index in [4.69, 9.17) is 0 Å². The van der Waals surface area contributed by atoms with Gasteiger partial charge >= 0.3 is 0 Å². The van der Waals surface area contributed by atoms with Crippen molar-refractivity contribution in [3.8, 4) is 5.69 Å². The lowest BCUT2D eigenvalue weighted by molar-refractivity contribution is -0.136. The monoisotopic (exact) mass is 423 g/mol. The van der Waals surface area contributed by atoms with E-state index >= 15 is 0 Å². The quantitative estimate of drug-likeness (QED) is 0.694. The van der Waals surface area contributed by atoms with Gasteiger partial charge in [0.1, 0.15) is 6.54 Å². The van der Waals surface area contributed by atoms with Crippen LogP contribution in [0.25, 0.3) is 11.8 Å². The minimum atomic E-state index is -0.399. The molecule has 0 saturated carbocycles. The Kier molecular flexibility index (Phi) is 5.81. The zero-order chi connectivity index (χ0) is 21.3. The highest BCUT2D eigenvalue weighted by molar-refractivity contribution is 8.18. The molecular weight excluding hydrogens is 398 g/mol. The summed E-state index contributed by atoms with van der Waals surface area (Å²) >= 11 is 0.894. The smallest absolute Gasteiger partial charge is 0.294 e. The molecule has 0 N–H and O–H groups in total. The number of aromatic nitrogens is 1. The number of imide groups is 1. The van der Waals surface area contributed by atoms with Gasteiger partial charge in [-0.3, -0.25) is 19.3 Å². The van der Waals surface area contributed by atoms with Crippen molar-refractivity contribution >= 4 is 34.9 Å². The first-order valence-electron chi connectivity index (χ1n) is 10.2. The number of amides is 3. The van der Waals surface area contributed by atoms with E-state index in [0.717, 1.165) is 52.9 Å². The van der Waals surface area contributed by atoms with Crippen molar-refractivity contribution in [2.75, 3.05) is 19.6 Å². The molecule has 2 fully saturated rings. The average molecular weight is 424 g/mol. The molecule has 0 spiro atoms. The summed E-state index contributed by atoms with van der Waals surface area (Å²) in [5.74, 6) is -0.555. The molecule has 1 aromatic carbocycles. The fourth-order valence-electron chi connectivity index (χ4n) is 3.88. The van der Waals surface area contributed by atoms with Crippen LogP contribution in [-0.2, 0) is 9.59 Å². The third kappa shape index (κ3) is 3.94. The Labute approximate surface area is 180 Å². The second-order valence-electron chi connectivity index (χ2n) is 7.73. The summed E-state index contributed by atoms with van der Waals surface area (Å²) in [5.41, 5.74) is 4.19. The topological polar surface area (TPSA) is 62.6 Å². The van der Waals surface area contributed by atoms with Crippen LogP contribution >= 0.6 is 11.8 Å². The van der Waals surface area contributed by atoms with Crippen LogP contribution in [0.3, 0.4) is 0 Å². The predicted molar refractivity (Wildman–Crippen MR) is 118 cm³/mol. The number of likely N-dealkylation sites (tertiary alicyclic amines) is 1. The van der Waals surface area contributed by atoms with Crippen LogP contribution in [0.2, 0.25) is 0 Å². The zero-order valence-electron chi connectivity index (χ0n) is 17.3. The van der Waals surface area contributed by atoms with Gasteiger partial charge in [-0.15, -0.1) is 0 Å². The van der Waals surface area contributed by atoms with Crippen LogP contribution in [0.15, 0.2) is 41.4 Å². The molecule has 0 atom stereocenters. The third-order valence-electron chi connectivity index (χ3n) is 5.77. The molecule has 7 heteroatoms. The number of nitrogens with zero attached hydrogens (tertiary/aromatic N) is 3. The van der Waals surface area contributed by atoms with E-state index in [9.17, 15) is 14.4 Å². The number of benzene rings is 1. The highest BCUT2D eigenvalue weighted by atomic mass is 32.2. The van der Waals surface area contributed by atoms with Gasteiger partial charge in [-0.2, -0.15) is 0 Å². The minimum Gasteiger partial charge on any atom is -0.341 e. The summed E-state index contributed by atoms with van der Waals surface area (Å²) in [4.78, 5) is 41.0. The first kappa shape index (κ1) is 20.5. The Morgan fingerprint density at radius 3 is 2.60 bits per heavy atom. The fraction of sp³-hybridized carbons (Fsp3) is 0.348. The molecule has 3 amide bonds. The predicted octanol–water partition coefficient (Wildman–Crippen LogP) is 4.14. The molecule has 2 saturated heterocycles. The van der Waals surface area contributed by atoms with E-state index in [2.05, 4.69) is 19.9 Å². The van der Waals surface area contributed by atoms with Gasteiger partial charge in [0.2, 0.25) is 5.91 Å². The number of aryl methyl sites for hydroxylation is 1. The Balaban J connectivity index is 1.55. The van der Waals surface area contributed by atoms with Gasteiger partial charge in [0.25, 0.3) is 11.1 Å². The molecule has 6 nitrogen and oxygen atoms in total. The normalized spacial score (nSPS) is 18.5. The summed E-state index contributed by atoms with van der Waals surface area (Å²) in [6.07, 6.45) is 6.75. The van der Waals surface area contributed by atoms with Gasteiger partial charge in [-0.05, 0) is 80.3 Å². The number of carbonyl (C=O) groups is 3. The van der Waals surface area contributed by atoms with Gasteiger partial charge in [-0.25, -0.2) is 0 Å². The molecule has 2 aliphatic heterocycles. The van der Waals surface area contributed by atoms with E-state index in [1.54, 1.807) is 11.0 Å². The number of hydrogen-bond acceptors (Lipinski definition) is 4. The maximum absolute atomic E-state index is 12.9. The van der Waals surface area contributed by atoms with Crippen molar-refractivity contribution in [2.24, 2.45) is 0 Å². The fourth-order valence-corrected chi connectivity index (χ4v) is 4.70. The van der Waals surface area contributed by atoms with Crippen molar-refractivity contribution in [2.45, 2.75) is 33.1 Å². The summed E-state index contributed by atoms with van der Waals surface area (Å²) in [6.45, 7) is 5.35. The van der Waals surface area contributed by atoms with Crippen molar-refractivity contribution in [3.05, 3.63) is 58.3 Å². The van der Waals surface area contributed by atoms with E-state index in [-0.39, 0.29) is 17.7 Å². The molecule has 0 aliphatic carbocycles. The molecule has 156 valence electrons. The standard InChI is InChI=1S/C23H25N3O3S/c1-16-8-6-10-19(17(16)2)25-13-7-9-18(25)14-20-22(28)26(23(29)30-20)15-21(27)24-11-4-3-5-12-24/h6-10,13-14H,3-5,11-12,15H2,1-2H3. The number of carbonyl (C=O) groups excluding carboxylic acids is 3. The Hall–Kier alpha value is -2.80. The van der Waals surface area contributed by atoms with Crippen molar-refractivity contribution < 1.29 is 14.4 Å². The largest absolute Gasteiger partial charge is 0.341 e. The maximum Gasteiger partial charge on any atom is 0.294 e. The lowest BCUT2D eigenvalue weighted by Gasteiger charge is -2.27. The summed E-state index contributed by atoms with van der Waals surface area (Å²) in [7, 11) is 0. The molecule has 0 unspecified atom stereocenters. The van der Waals surface area contributed by atoms with E-state index in [1.807, 2.05) is 35.0 Å². The lowest BCUT2D eigenvalue weighted by Crippen LogP contribution is -2.44. The molecule has 0 radical (unpaired) electrons. The lowest BCUT2D eigenvalue weighted by atomic mass is 10.1. The molecule has 3 heterocycles. The number of hydrogen-bond donors (Lipinski definition) is 0. The van der Waals surface area contributed by atoms with Gasteiger partial charge < -0.3 is 9.47 Å². The second kappa shape index (κ2) is 8.52. The highest BCUT2D eigenvalue weighted by Crippen LogP contribution is 2.33. The van der Waals surface area contributed by atoms with Gasteiger partial charge in [0.15, 0.2) is 0 Å². The summed E-state index contributed by atoms with van der Waals surface area (Å²) in [6, 6.07) is 9.92. The maximum atomic E-state index is 12.9. The zero-order valence-corrected chi connectivity index (χ0v) is 18.1. The number of rotatable bonds is 4. The number of thioether (sulfide) groups is 1. The molecule has 4 rings (SSSR count). The first-order chi connectivity index (χ1) is 14.5. The molecule has 2 aromatic rings. The second-order valence-corrected chi connectivity index (χ2v) is 8.72. The molecule has 1 aromatic heterocycles. The van der Waals surface area contributed by atoms with Crippen LogP contribution in [0, 0.1) is 13.8 Å². The highest BCUT2D eigenvalue weighted by Gasteiger charge is 2.37. The SMILES string of the molecule is Cc1cccc(-n2cccc2C=C2SC(=O)N(CC(=O)N3CCCCC3)C2=O)c1C. The summed E-state index contributed by atoms with van der Waals surface area (Å²) in [5, 5.41) is -0.388. The Bertz CT molecular complexity index is 1030. The molecular formula is C23H25N3O3S. The third-order valence-corrected chi connectivity index (χ3v) is 6.68. The minimum absolute atomic E-state index is 0.156. The van der Waals surface area contributed by atoms with Crippen LogP contribution in [0.4, 0.5) is 4.79 Å². The van der Waals surface area contributed by atoms with E-state index < -0.39 is 5.91 Å². The van der Waals surface area contributed by atoms with Crippen molar-refractivity contribution in [1.82, 2.24) is 14.4 Å². The van der Waals surface area contributed by atoms with Crippen LogP contribution in [0.5, 0.6) is 0 Å². The Morgan fingerprint density at radius 1 is 1.07 bits per heavy atom. The molecule has 0 bridgehead atoms. The summed E-state index contributed by atoms with van der Waals surface area (Å²) < 4.78 is 2.01. The Morgan fingerprint density at radius 2 is 1.83 bits per heavy atom.